The maximum absolute atomic E-state index is 12.2. The Hall–Kier alpha value is -2.04. The topological polar surface area (TPSA) is 96.8 Å². The Morgan fingerprint density at radius 2 is 2.10 bits per heavy atom. The van der Waals surface area contributed by atoms with E-state index in [1.807, 2.05) is 6.07 Å². The highest BCUT2D eigenvalue weighted by Gasteiger charge is 2.14. The summed E-state index contributed by atoms with van der Waals surface area (Å²) in [5, 5.41) is 8.81. The van der Waals surface area contributed by atoms with Crippen molar-refractivity contribution < 1.29 is 8.42 Å². The SMILES string of the molecule is N#Cc1cccc(S(=O)(=O)CCSc2ccc(N)nc2)c1. The third-order valence-corrected chi connectivity index (χ3v) is 5.66. The van der Waals surface area contributed by atoms with Crippen molar-refractivity contribution in [3.8, 4) is 6.07 Å². The lowest BCUT2D eigenvalue weighted by atomic mass is 10.2. The molecule has 0 saturated heterocycles. The van der Waals surface area contributed by atoms with Gasteiger partial charge in [-0.25, -0.2) is 13.4 Å². The molecule has 108 valence electrons. The van der Waals surface area contributed by atoms with Gasteiger partial charge >= 0.3 is 0 Å². The van der Waals surface area contributed by atoms with Crippen LogP contribution in [0, 0.1) is 11.3 Å². The summed E-state index contributed by atoms with van der Waals surface area (Å²) < 4.78 is 24.4. The van der Waals surface area contributed by atoms with Gasteiger partial charge < -0.3 is 5.73 Å². The fraction of sp³-hybridized carbons (Fsp3) is 0.143. The van der Waals surface area contributed by atoms with Gasteiger partial charge in [0.25, 0.3) is 0 Å². The molecule has 0 radical (unpaired) electrons. The lowest BCUT2D eigenvalue weighted by molar-refractivity contribution is 0.597. The maximum atomic E-state index is 12.2. The third kappa shape index (κ3) is 4.21. The smallest absolute Gasteiger partial charge is 0.179 e. The van der Waals surface area contributed by atoms with E-state index >= 15 is 0 Å². The second kappa shape index (κ2) is 6.61. The number of pyridine rings is 1. The second-order valence-corrected chi connectivity index (χ2v) is 7.50. The van der Waals surface area contributed by atoms with Gasteiger partial charge in [-0.1, -0.05) is 6.07 Å². The van der Waals surface area contributed by atoms with E-state index in [2.05, 4.69) is 4.98 Å². The van der Waals surface area contributed by atoms with Crippen molar-refractivity contribution in [1.82, 2.24) is 4.98 Å². The van der Waals surface area contributed by atoms with E-state index in [4.69, 9.17) is 11.0 Å². The minimum Gasteiger partial charge on any atom is -0.384 e. The summed E-state index contributed by atoms with van der Waals surface area (Å²) in [6.07, 6.45) is 1.61. The van der Waals surface area contributed by atoms with E-state index in [9.17, 15) is 8.42 Å². The Labute approximate surface area is 127 Å². The normalized spacial score (nSPS) is 11.0. The molecule has 0 aliphatic rings. The number of hydrogen-bond acceptors (Lipinski definition) is 6. The molecule has 1 heterocycles. The summed E-state index contributed by atoms with van der Waals surface area (Å²) in [5.74, 6) is 0.835. The molecule has 1 aromatic carbocycles. The number of anilines is 1. The van der Waals surface area contributed by atoms with E-state index in [1.165, 1.54) is 23.9 Å². The number of sulfone groups is 1. The van der Waals surface area contributed by atoms with E-state index in [0.717, 1.165) is 4.90 Å². The van der Waals surface area contributed by atoms with Crippen LogP contribution in [-0.2, 0) is 9.84 Å². The van der Waals surface area contributed by atoms with E-state index < -0.39 is 9.84 Å². The van der Waals surface area contributed by atoms with Crippen LogP contribution in [0.25, 0.3) is 0 Å². The molecule has 0 spiro atoms. The molecule has 0 saturated carbocycles. The van der Waals surface area contributed by atoms with E-state index in [1.54, 1.807) is 30.5 Å². The zero-order chi connectivity index (χ0) is 15.3. The van der Waals surface area contributed by atoms with Crippen LogP contribution in [-0.4, -0.2) is 24.9 Å². The highest BCUT2D eigenvalue weighted by atomic mass is 32.2. The molecule has 2 aromatic rings. The molecule has 0 aliphatic heterocycles. The third-order valence-electron chi connectivity index (χ3n) is 2.70. The fourth-order valence-electron chi connectivity index (χ4n) is 1.62. The van der Waals surface area contributed by atoms with Crippen LogP contribution in [0.2, 0.25) is 0 Å². The van der Waals surface area contributed by atoms with Crippen molar-refractivity contribution >= 4 is 27.4 Å². The van der Waals surface area contributed by atoms with Gasteiger partial charge in [0.2, 0.25) is 0 Å². The average molecular weight is 319 g/mol. The molecule has 7 heteroatoms. The first-order valence-electron chi connectivity index (χ1n) is 6.08. The second-order valence-electron chi connectivity index (χ2n) is 4.23. The predicted octanol–water partition coefficient (Wildman–Crippen LogP) is 2.10. The van der Waals surface area contributed by atoms with Crippen LogP contribution >= 0.6 is 11.8 Å². The number of nitriles is 1. The van der Waals surface area contributed by atoms with Gasteiger partial charge in [0.15, 0.2) is 9.84 Å². The monoisotopic (exact) mass is 319 g/mol. The molecule has 21 heavy (non-hydrogen) atoms. The highest BCUT2D eigenvalue weighted by Crippen LogP contribution is 2.20. The van der Waals surface area contributed by atoms with Gasteiger partial charge in [-0.05, 0) is 30.3 Å². The Morgan fingerprint density at radius 1 is 1.29 bits per heavy atom. The van der Waals surface area contributed by atoms with Crippen LogP contribution in [0.5, 0.6) is 0 Å². The van der Waals surface area contributed by atoms with Crippen molar-refractivity contribution in [2.45, 2.75) is 9.79 Å². The van der Waals surface area contributed by atoms with Crippen LogP contribution < -0.4 is 5.73 Å². The average Bonchev–Trinajstić information content (AvgIpc) is 2.49. The summed E-state index contributed by atoms with van der Waals surface area (Å²) in [5.41, 5.74) is 5.82. The first-order chi connectivity index (χ1) is 10.0. The molecule has 0 atom stereocenters. The first-order valence-corrected chi connectivity index (χ1v) is 8.72. The summed E-state index contributed by atoms with van der Waals surface area (Å²) >= 11 is 1.40. The minimum atomic E-state index is -3.39. The van der Waals surface area contributed by atoms with Gasteiger partial charge in [0, 0.05) is 16.8 Å². The summed E-state index contributed by atoms with van der Waals surface area (Å²) in [6.45, 7) is 0. The van der Waals surface area contributed by atoms with Crippen LogP contribution in [0.1, 0.15) is 5.56 Å². The Bertz CT molecular complexity index is 766. The number of nitrogens with two attached hydrogens (primary N) is 1. The van der Waals surface area contributed by atoms with Gasteiger partial charge in [-0.3, -0.25) is 0 Å². The summed E-state index contributed by atoms with van der Waals surface area (Å²) in [6, 6.07) is 11.5. The summed E-state index contributed by atoms with van der Waals surface area (Å²) in [4.78, 5) is 4.99. The lowest BCUT2D eigenvalue weighted by Gasteiger charge is -2.05. The van der Waals surface area contributed by atoms with Gasteiger partial charge in [-0.2, -0.15) is 5.26 Å². The standard InChI is InChI=1S/C14H13N3O2S2/c15-9-11-2-1-3-13(8-11)21(18,19)7-6-20-12-4-5-14(16)17-10-12/h1-5,8,10H,6-7H2,(H2,16,17). The number of hydrogen-bond donors (Lipinski definition) is 1. The highest BCUT2D eigenvalue weighted by molar-refractivity contribution is 8.00. The molecule has 0 fully saturated rings. The summed E-state index contributed by atoms with van der Waals surface area (Å²) in [7, 11) is -3.39. The van der Waals surface area contributed by atoms with Crippen molar-refractivity contribution in [3.63, 3.8) is 0 Å². The van der Waals surface area contributed by atoms with Gasteiger partial charge in [-0.15, -0.1) is 11.8 Å². The van der Waals surface area contributed by atoms with E-state index in [-0.39, 0.29) is 10.6 Å². The fourth-order valence-corrected chi connectivity index (χ4v) is 4.19. The molecule has 0 aliphatic carbocycles. The van der Waals surface area contributed by atoms with Crippen LogP contribution in [0.3, 0.4) is 0 Å². The van der Waals surface area contributed by atoms with Crippen molar-refractivity contribution in [1.29, 1.82) is 5.26 Å². The molecule has 0 amide bonds. The van der Waals surface area contributed by atoms with Crippen LogP contribution in [0.15, 0.2) is 52.4 Å². The predicted molar refractivity (Wildman–Crippen MR) is 82.6 cm³/mol. The molecular formula is C14H13N3O2S2. The number of aromatic nitrogens is 1. The van der Waals surface area contributed by atoms with Crippen LogP contribution in [0.4, 0.5) is 5.82 Å². The molecule has 0 bridgehead atoms. The van der Waals surface area contributed by atoms with Gasteiger partial charge in [0.05, 0.1) is 22.3 Å². The molecule has 2 rings (SSSR count). The number of rotatable bonds is 5. The lowest BCUT2D eigenvalue weighted by Crippen LogP contribution is -2.09. The molecule has 5 nitrogen and oxygen atoms in total. The molecule has 0 unspecified atom stereocenters. The molecular weight excluding hydrogens is 306 g/mol. The Kier molecular flexibility index (Phi) is 4.83. The molecule has 2 N–H and O–H groups in total. The van der Waals surface area contributed by atoms with Crippen molar-refractivity contribution in [2.24, 2.45) is 0 Å². The maximum Gasteiger partial charge on any atom is 0.179 e. The molecule has 1 aromatic heterocycles. The number of nitrogens with zero attached hydrogens (tertiary/aromatic N) is 2. The van der Waals surface area contributed by atoms with E-state index in [0.29, 0.717) is 17.1 Å². The quantitative estimate of drug-likeness (QED) is 0.848. The zero-order valence-corrected chi connectivity index (χ0v) is 12.7. The number of benzene rings is 1. The zero-order valence-electron chi connectivity index (χ0n) is 11.1. The van der Waals surface area contributed by atoms with Crippen molar-refractivity contribution in [2.75, 3.05) is 17.2 Å². The van der Waals surface area contributed by atoms with Crippen molar-refractivity contribution in [3.05, 3.63) is 48.2 Å². The number of thioether (sulfide) groups is 1. The largest absolute Gasteiger partial charge is 0.384 e. The minimum absolute atomic E-state index is 0.00305. The number of nitrogen functional groups attached to an aromatic ring is 1. The van der Waals surface area contributed by atoms with Gasteiger partial charge in [0.1, 0.15) is 5.82 Å². The Balaban J connectivity index is 2.01. The first kappa shape index (κ1) is 15.4. The Morgan fingerprint density at radius 3 is 2.76 bits per heavy atom.